The van der Waals surface area contributed by atoms with Crippen LogP contribution in [0.2, 0.25) is 0 Å². The molecule has 126 valence electrons. The molecule has 3 rings (SSSR count). The average Bonchev–Trinajstić information content (AvgIpc) is 2.54. The Morgan fingerprint density at radius 1 is 1.46 bits per heavy atom. The van der Waals surface area contributed by atoms with Crippen LogP contribution in [-0.2, 0) is 4.79 Å². The van der Waals surface area contributed by atoms with Gasteiger partial charge in [0.1, 0.15) is 0 Å². The number of benzene rings is 1. The quantitative estimate of drug-likeness (QED) is 0.416. The molecule has 2 aliphatic carbocycles. The highest BCUT2D eigenvalue weighted by Gasteiger charge is 2.50. The third kappa shape index (κ3) is 2.93. The molecule has 0 heterocycles. The van der Waals surface area contributed by atoms with Gasteiger partial charge in [0.2, 0.25) is 0 Å². The highest BCUT2D eigenvalue weighted by molar-refractivity contribution is 14.1. The summed E-state index contributed by atoms with van der Waals surface area (Å²) < 4.78 is 1.15. The average molecular weight is 434 g/mol. The molecule has 0 amide bonds. The predicted molar refractivity (Wildman–Crippen MR) is 106 cm³/mol. The fourth-order valence-corrected chi connectivity index (χ4v) is 4.92. The lowest BCUT2D eigenvalue weighted by Gasteiger charge is -2.50. The number of aliphatic hydroxyl groups excluding tert-OH is 1. The van der Waals surface area contributed by atoms with E-state index in [1.54, 1.807) is 6.08 Å². The molecule has 1 aromatic carbocycles. The molecule has 1 saturated carbocycles. The molecule has 0 radical (unpaired) electrons. The van der Waals surface area contributed by atoms with Crippen LogP contribution in [0.5, 0.6) is 0 Å². The maximum absolute atomic E-state index is 12.7. The molecular weight excluding hydrogens is 411 g/mol. The van der Waals surface area contributed by atoms with Crippen molar-refractivity contribution in [2.75, 3.05) is 0 Å². The number of hydrogen-bond acceptors (Lipinski definition) is 2. The van der Waals surface area contributed by atoms with Crippen LogP contribution >= 0.6 is 22.6 Å². The van der Waals surface area contributed by atoms with E-state index in [-0.39, 0.29) is 17.1 Å². The first-order chi connectivity index (χ1) is 11.5. The molecule has 0 saturated heterocycles. The van der Waals surface area contributed by atoms with Gasteiger partial charge in [-0.3, -0.25) is 4.79 Å². The smallest absolute Gasteiger partial charge is 0.182 e. The maximum Gasteiger partial charge on any atom is 0.182 e. The summed E-state index contributed by atoms with van der Waals surface area (Å²) >= 11 is 2.28. The Morgan fingerprint density at radius 3 is 2.96 bits per heavy atom. The fraction of sp³-hybridized carbons (Fsp3) is 0.381. The van der Waals surface area contributed by atoms with Crippen molar-refractivity contribution in [1.82, 2.24) is 0 Å². The number of allylic oxidation sites excluding steroid dienone is 3. The molecule has 0 spiro atoms. The molecule has 0 aromatic heterocycles. The molecule has 1 fully saturated rings. The lowest BCUT2D eigenvalue weighted by Crippen LogP contribution is -2.48. The van der Waals surface area contributed by atoms with Gasteiger partial charge < -0.3 is 5.11 Å². The van der Waals surface area contributed by atoms with Crippen LogP contribution in [0, 0.1) is 14.9 Å². The topological polar surface area (TPSA) is 37.3 Å². The third-order valence-corrected chi connectivity index (χ3v) is 6.27. The Kier molecular flexibility index (Phi) is 5.11. The highest BCUT2D eigenvalue weighted by atomic mass is 127. The first kappa shape index (κ1) is 17.6. The molecular formula is C21H23IO2. The van der Waals surface area contributed by atoms with Gasteiger partial charge in [-0.1, -0.05) is 30.7 Å². The normalized spacial score (nSPS) is 31.5. The van der Waals surface area contributed by atoms with E-state index in [1.165, 1.54) is 0 Å². The fourth-order valence-electron chi connectivity index (χ4n) is 4.35. The number of fused-ring (bicyclic) bond motifs is 1. The summed E-state index contributed by atoms with van der Waals surface area (Å²) in [7, 11) is 0. The van der Waals surface area contributed by atoms with Gasteiger partial charge >= 0.3 is 0 Å². The van der Waals surface area contributed by atoms with Crippen LogP contribution in [0.1, 0.15) is 38.2 Å². The molecule has 3 heteroatoms. The lowest BCUT2D eigenvalue weighted by atomic mass is 9.55. The van der Waals surface area contributed by atoms with E-state index in [1.807, 2.05) is 30.4 Å². The van der Waals surface area contributed by atoms with E-state index in [9.17, 15) is 9.90 Å². The van der Waals surface area contributed by atoms with Crippen LogP contribution in [-0.4, -0.2) is 17.0 Å². The van der Waals surface area contributed by atoms with Crippen LogP contribution in [0.4, 0.5) is 0 Å². The number of carbonyl (C=O) groups excluding carboxylic acids is 1. The van der Waals surface area contributed by atoms with Crippen LogP contribution < -0.4 is 0 Å². The van der Waals surface area contributed by atoms with Gasteiger partial charge in [-0.15, -0.1) is 6.58 Å². The van der Waals surface area contributed by atoms with Gasteiger partial charge in [-0.25, -0.2) is 0 Å². The van der Waals surface area contributed by atoms with Crippen molar-refractivity contribution in [2.45, 2.75) is 38.7 Å². The lowest BCUT2D eigenvalue weighted by molar-refractivity contribution is -0.113. The van der Waals surface area contributed by atoms with Crippen LogP contribution in [0.25, 0.3) is 6.08 Å². The SMILES string of the molecule is C=CC[C@@]12C(=CC(=O)/C(=C/c3cccc(I)c3)[C@@H]1C)CCC[C@@H]2O. The Bertz CT molecular complexity index is 731. The van der Waals surface area contributed by atoms with Crippen LogP contribution in [0.15, 0.2) is 54.1 Å². The molecule has 2 nitrogen and oxygen atoms in total. The molecule has 0 bridgehead atoms. The van der Waals surface area contributed by atoms with E-state index in [0.29, 0.717) is 6.42 Å². The predicted octanol–water partition coefficient (Wildman–Crippen LogP) is 4.93. The summed E-state index contributed by atoms with van der Waals surface area (Å²) in [5, 5.41) is 10.8. The minimum Gasteiger partial charge on any atom is -0.392 e. The Balaban J connectivity index is 2.11. The second-order valence-electron chi connectivity index (χ2n) is 6.85. The van der Waals surface area contributed by atoms with Gasteiger partial charge in [0.15, 0.2) is 5.78 Å². The van der Waals surface area contributed by atoms with Gasteiger partial charge in [0.05, 0.1) is 6.10 Å². The second kappa shape index (κ2) is 6.96. The van der Waals surface area contributed by atoms with Crippen molar-refractivity contribution >= 4 is 34.5 Å². The Hall–Kier alpha value is -1.20. The number of carbonyl (C=O) groups is 1. The number of rotatable bonds is 3. The zero-order chi connectivity index (χ0) is 17.3. The first-order valence-electron chi connectivity index (χ1n) is 8.50. The summed E-state index contributed by atoms with van der Waals surface area (Å²) in [5.41, 5.74) is 2.57. The van der Waals surface area contributed by atoms with Gasteiger partial charge in [-0.05, 0) is 84.0 Å². The van der Waals surface area contributed by atoms with Crippen molar-refractivity contribution in [1.29, 1.82) is 0 Å². The Labute approximate surface area is 157 Å². The summed E-state index contributed by atoms with van der Waals surface area (Å²) in [4.78, 5) is 12.7. The largest absolute Gasteiger partial charge is 0.392 e. The highest BCUT2D eigenvalue weighted by Crippen LogP contribution is 2.54. The Morgan fingerprint density at radius 2 is 2.25 bits per heavy atom. The van der Waals surface area contributed by atoms with E-state index >= 15 is 0 Å². The van der Waals surface area contributed by atoms with E-state index in [0.717, 1.165) is 39.5 Å². The molecule has 24 heavy (non-hydrogen) atoms. The number of halogens is 1. The van der Waals surface area contributed by atoms with Crippen LogP contribution in [0.3, 0.4) is 0 Å². The van der Waals surface area contributed by atoms with Crippen molar-refractivity contribution in [3.05, 3.63) is 63.3 Å². The van der Waals surface area contributed by atoms with E-state index < -0.39 is 6.10 Å². The van der Waals surface area contributed by atoms with Crippen molar-refractivity contribution in [2.24, 2.45) is 11.3 Å². The monoisotopic (exact) mass is 434 g/mol. The van der Waals surface area contributed by atoms with Gasteiger partial charge in [-0.2, -0.15) is 0 Å². The second-order valence-corrected chi connectivity index (χ2v) is 8.10. The maximum atomic E-state index is 12.7. The van der Waals surface area contributed by atoms with E-state index in [2.05, 4.69) is 42.2 Å². The summed E-state index contributed by atoms with van der Waals surface area (Å²) in [6.07, 6.45) is 8.59. The minimum atomic E-state index is -0.419. The molecule has 1 N–H and O–H groups in total. The molecule has 1 aromatic rings. The number of ketones is 1. The molecule has 2 aliphatic rings. The minimum absolute atomic E-state index is 0.0174. The zero-order valence-corrected chi connectivity index (χ0v) is 16.1. The third-order valence-electron chi connectivity index (χ3n) is 5.60. The molecule has 3 atom stereocenters. The van der Waals surface area contributed by atoms with Gasteiger partial charge in [0, 0.05) is 14.6 Å². The number of hydrogen-bond donors (Lipinski definition) is 1. The van der Waals surface area contributed by atoms with E-state index in [4.69, 9.17) is 0 Å². The summed E-state index contributed by atoms with van der Waals surface area (Å²) in [5.74, 6) is 0.0707. The molecule has 0 aliphatic heterocycles. The van der Waals surface area contributed by atoms with Gasteiger partial charge in [0.25, 0.3) is 0 Å². The summed E-state index contributed by atoms with van der Waals surface area (Å²) in [6, 6.07) is 8.13. The van der Waals surface area contributed by atoms with Crippen molar-refractivity contribution < 1.29 is 9.90 Å². The standard InChI is InChI=1S/C21H23IO2/c1-3-10-21-14(2)18(12-15-6-4-8-17(22)11-15)19(23)13-16(21)7-5-9-20(21)24/h3-4,6,8,11-14,20,24H,1,5,7,9-10H2,2H3/b18-12+/t14-,20-,21-/m0/s1. The van der Waals surface area contributed by atoms with Crippen molar-refractivity contribution in [3.8, 4) is 0 Å². The zero-order valence-electron chi connectivity index (χ0n) is 14.0. The first-order valence-corrected chi connectivity index (χ1v) is 9.58. The van der Waals surface area contributed by atoms with Crippen molar-refractivity contribution in [3.63, 3.8) is 0 Å². The molecule has 0 unspecified atom stereocenters. The summed E-state index contributed by atoms with van der Waals surface area (Å²) in [6.45, 7) is 5.99. The number of aliphatic hydroxyl groups is 1.